The van der Waals surface area contributed by atoms with Crippen LogP contribution in [0.15, 0.2) is 29.3 Å². The number of aliphatic imine (C=N–C) groups is 1. The molecule has 1 aliphatic heterocycles. The zero-order valence-electron chi connectivity index (χ0n) is 17.2. The molecular weight excluding hydrogens is 451 g/mol. The number of guanidine groups is 1. The first-order valence-electron chi connectivity index (χ1n) is 10.00. The molecule has 0 atom stereocenters. The zero-order valence-corrected chi connectivity index (χ0v) is 19.5. The van der Waals surface area contributed by atoms with Crippen LogP contribution in [-0.4, -0.2) is 50.8 Å². The highest BCUT2D eigenvalue weighted by Crippen LogP contribution is 2.09. The molecule has 27 heavy (non-hydrogen) atoms. The first kappa shape index (κ1) is 24.2. The fourth-order valence-corrected chi connectivity index (χ4v) is 3.07. The highest BCUT2D eigenvalue weighted by molar-refractivity contribution is 14.0. The Labute approximate surface area is 182 Å². The average molecular weight is 488 g/mol. The largest absolute Gasteiger partial charge is 0.379 e. The number of nitrogens with one attached hydrogen (secondary N) is 2. The number of rotatable bonds is 9. The minimum absolute atomic E-state index is 0. The van der Waals surface area contributed by atoms with E-state index >= 15 is 0 Å². The van der Waals surface area contributed by atoms with E-state index in [0.717, 1.165) is 57.8 Å². The number of hydrogen-bond donors (Lipinski definition) is 2. The van der Waals surface area contributed by atoms with E-state index in [0.29, 0.717) is 0 Å². The highest BCUT2D eigenvalue weighted by Gasteiger charge is 2.10. The molecule has 0 spiro atoms. The van der Waals surface area contributed by atoms with Crippen LogP contribution in [0, 0.1) is 5.92 Å². The van der Waals surface area contributed by atoms with Crippen LogP contribution in [0.4, 0.5) is 0 Å². The third-order valence-electron chi connectivity index (χ3n) is 4.72. The van der Waals surface area contributed by atoms with Crippen molar-refractivity contribution in [3.63, 3.8) is 0 Å². The van der Waals surface area contributed by atoms with Crippen molar-refractivity contribution in [2.45, 2.75) is 46.2 Å². The van der Waals surface area contributed by atoms with Crippen molar-refractivity contribution in [2.75, 3.05) is 39.9 Å². The minimum atomic E-state index is 0. The van der Waals surface area contributed by atoms with Crippen LogP contribution < -0.4 is 10.6 Å². The summed E-state index contributed by atoms with van der Waals surface area (Å²) < 4.78 is 5.41. The Morgan fingerprint density at radius 1 is 1.07 bits per heavy atom. The summed E-state index contributed by atoms with van der Waals surface area (Å²) >= 11 is 0. The van der Waals surface area contributed by atoms with E-state index in [1.165, 1.54) is 30.4 Å². The van der Waals surface area contributed by atoms with Crippen molar-refractivity contribution in [1.29, 1.82) is 0 Å². The predicted octanol–water partition coefficient (Wildman–Crippen LogP) is 3.63. The van der Waals surface area contributed by atoms with Gasteiger partial charge in [-0.25, -0.2) is 0 Å². The molecular formula is C21H37IN4O. The van der Waals surface area contributed by atoms with E-state index in [4.69, 9.17) is 4.74 Å². The Bertz CT molecular complexity index is 527. The Morgan fingerprint density at radius 2 is 1.74 bits per heavy atom. The topological polar surface area (TPSA) is 48.9 Å². The minimum Gasteiger partial charge on any atom is -0.379 e. The monoisotopic (exact) mass is 488 g/mol. The first-order chi connectivity index (χ1) is 12.7. The average Bonchev–Trinajstić information content (AvgIpc) is 2.66. The molecule has 1 aliphatic rings. The summed E-state index contributed by atoms with van der Waals surface area (Å²) in [6.07, 6.45) is 3.76. The molecule has 0 amide bonds. The van der Waals surface area contributed by atoms with E-state index in [1.807, 2.05) is 7.05 Å². The smallest absolute Gasteiger partial charge is 0.191 e. The third-order valence-corrected chi connectivity index (χ3v) is 4.72. The van der Waals surface area contributed by atoms with Gasteiger partial charge in [-0.05, 0) is 23.5 Å². The lowest BCUT2D eigenvalue weighted by Crippen LogP contribution is -2.37. The third kappa shape index (κ3) is 10.3. The number of benzene rings is 1. The number of unbranched alkanes of at least 4 members (excludes halogenated alkanes) is 1. The van der Waals surface area contributed by atoms with Crippen LogP contribution in [0.1, 0.15) is 44.2 Å². The van der Waals surface area contributed by atoms with Crippen LogP contribution in [-0.2, 0) is 17.8 Å². The summed E-state index contributed by atoms with van der Waals surface area (Å²) in [5.41, 5.74) is 2.64. The SMILES string of the molecule is CN=C(NCCCCC(C)C)NCc1ccc(CN2CCOCC2)cc1.I. The van der Waals surface area contributed by atoms with E-state index in [2.05, 4.69) is 58.6 Å². The Morgan fingerprint density at radius 3 is 2.37 bits per heavy atom. The lowest BCUT2D eigenvalue weighted by atomic mass is 10.1. The molecule has 1 heterocycles. The molecule has 2 N–H and O–H groups in total. The van der Waals surface area contributed by atoms with Gasteiger partial charge in [-0.3, -0.25) is 9.89 Å². The fourth-order valence-electron chi connectivity index (χ4n) is 3.07. The van der Waals surface area contributed by atoms with Gasteiger partial charge >= 0.3 is 0 Å². The summed E-state index contributed by atoms with van der Waals surface area (Å²) in [4.78, 5) is 6.75. The Balaban J connectivity index is 0.00000364. The number of nitrogens with zero attached hydrogens (tertiary/aromatic N) is 2. The number of ether oxygens (including phenoxy) is 1. The van der Waals surface area contributed by atoms with Gasteiger partial charge in [0.05, 0.1) is 13.2 Å². The van der Waals surface area contributed by atoms with Crippen LogP contribution in [0.3, 0.4) is 0 Å². The number of morpholine rings is 1. The molecule has 0 unspecified atom stereocenters. The normalized spacial score (nSPS) is 15.5. The van der Waals surface area contributed by atoms with Gasteiger partial charge in [0.1, 0.15) is 0 Å². The Kier molecular flexibility index (Phi) is 12.7. The molecule has 0 aliphatic carbocycles. The molecule has 154 valence electrons. The quantitative estimate of drug-likeness (QED) is 0.241. The maximum atomic E-state index is 5.41. The fraction of sp³-hybridized carbons (Fsp3) is 0.667. The van der Waals surface area contributed by atoms with Crippen molar-refractivity contribution in [1.82, 2.24) is 15.5 Å². The van der Waals surface area contributed by atoms with Gasteiger partial charge in [-0.2, -0.15) is 0 Å². The summed E-state index contributed by atoms with van der Waals surface area (Å²) in [7, 11) is 1.83. The van der Waals surface area contributed by atoms with Crippen molar-refractivity contribution < 1.29 is 4.74 Å². The van der Waals surface area contributed by atoms with E-state index in [-0.39, 0.29) is 24.0 Å². The molecule has 0 radical (unpaired) electrons. The Hall–Kier alpha value is -0.860. The number of halogens is 1. The molecule has 2 rings (SSSR count). The van der Waals surface area contributed by atoms with E-state index < -0.39 is 0 Å². The molecule has 1 saturated heterocycles. The van der Waals surface area contributed by atoms with Crippen LogP contribution in [0.25, 0.3) is 0 Å². The van der Waals surface area contributed by atoms with Gasteiger partial charge < -0.3 is 15.4 Å². The maximum Gasteiger partial charge on any atom is 0.191 e. The zero-order chi connectivity index (χ0) is 18.6. The maximum absolute atomic E-state index is 5.41. The molecule has 1 fully saturated rings. The summed E-state index contributed by atoms with van der Waals surface area (Å²) in [6, 6.07) is 8.88. The molecule has 0 aromatic heterocycles. The van der Waals surface area contributed by atoms with Crippen molar-refractivity contribution in [3.8, 4) is 0 Å². The molecule has 5 nitrogen and oxygen atoms in total. The molecule has 0 bridgehead atoms. The van der Waals surface area contributed by atoms with Crippen molar-refractivity contribution >= 4 is 29.9 Å². The predicted molar refractivity (Wildman–Crippen MR) is 125 cm³/mol. The standard InChI is InChI=1S/C21H36N4O.HI/c1-18(2)6-4-5-11-23-21(22-3)24-16-19-7-9-20(10-8-19)17-25-12-14-26-15-13-25;/h7-10,18H,4-6,11-17H2,1-3H3,(H2,22,23,24);1H. The second-order valence-corrected chi connectivity index (χ2v) is 7.45. The van der Waals surface area contributed by atoms with Gasteiger partial charge in [-0.1, -0.05) is 51.0 Å². The second-order valence-electron chi connectivity index (χ2n) is 7.45. The summed E-state index contributed by atoms with van der Waals surface area (Å²) in [6.45, 7) is 11.1. The van der Waals surface area contributed by atoms with Crippen LogP contribution in [0.2, 0.25) is 0 Å². The van der Waals surface area contributed by atoms with Gasteiger partial charge in [0.15, 0.2) is 5.96 Å². The van der Waals surface area contributed by atoms with Crippen LogP contribution >= 0.6 is 24.0 Å². The van der Waals surface area contributed by atoms with Gasteiger partial charge in [0.2, 0.25) is 0 Å². The molecule has 6 heteroatoms. The number of hydrogen-bond acceptors (Lipinski definition) is 3. The summed E-state index contributed by atoms with van der Waals surface area (Å²) in [5, 5.41) is 6.80. The summed E-state index contributed by atoms with van der Waals surface area (Å²) in [5.74, 6) is 1.67. The van der Waals surface area contributed by atoms with Crippen molar-refractivity contribution in [3.05, 3.63) is 35.4 Å². The molecule has 0 saturated carbocycles. The van der Waals surface area contributed by atoms with Gasteiger partial charge in [-0.15, -0.1) is 24.0 Å². The second kappa shape index (κ2) is 14.2. The lowest BCUT2D eigenvalue weighted by Gasteiger charge is -2.26. The van der Waals surface area contributed by atoms with E-state index in [1.54, 1.807) is 0 Å². The molecule has 1 aromatic carbocycles. The van der Waals surface area contributed by atoms with Gasteiger partial charge in [0.25, 0.3) is 0 Å². The van der Waals surface area contributed by atoms with Crippen LogP contribution in [0.5, 0.6) is 0 Å². The lowest BCUT2D eigenvalue weighted by molar-refractivity contribution is 0.0342. The molecule has 1 aromatic rings. The van der Waals surface area contributed by atoms with Crippen molar-refractivity contribution in [2.24, 2.45) is 10.9 Å². The first-order valence-corrected chi connectivity index (χ1v) is 10.00. The highest BCUT2D eigenvalue weighted by atomic mass is 127. The van der Waals surface area contributed by atoms with Gasteiger partial charge in [0, 0.05) is 39.8 Å². The van der Waals surface area contributed by atoms with E-state index in [9.17, 15) is 0 Å².